The topological polar surface area (TPSA) is 87.2 Å². The van der Waals surface area contributed by atoms with Gasteiger partial charge in [0.1, 0.15) is 5.03 Å². The van der Waals surface area contributed by atoms with Gasteiger partial charge in [0, 0.05) is 35.4 Å². The van der Waals surface area contributed by atoms with Crippen LogP contribution in [-0.4, -0.2) is 34.2 Å². The third kappa shape index (κ3) is 4.86. The smallest absolute Gasteiger partial charge is 0.326 e. The van der Waals surface area contributed by atoms with Crippen molar-refractivity contribution in [3.63, 3.8) is 0 Å². The summed E-state index contributed by atoms with van der Waals surface area (Å²) in [5.41, 5.74) is 4.62. The lowest BCUT2D eigenvalue weighted by molar-refractivity contribution is 0.0950. The predicted octanol–water partition coefficient (Wildman–Crippen LogP) is 4.17. The van der Waals surface area contributed by atoms with Gasteiger partial charge in [0.25, 0.3) is 5.91 Å². The number of hydrogen-bond acceptors (Lipinski definition) is 5. The lowest BCUT2D eigenvalue weighted by atomic mass is 10.2. The number of anilines is 2. The second-order valence-electron chi connectivity index (χ2n) is 7.25. The Labute approximate surface area is 185 Å². The Morgan fingerprint density at radius 1 is 1.13 bits per heavy atom. The molecule has 0 unspecified atom stereocenters. The minimum absolute atomic E-state index is 0.225. The number of aryl methyl sites for hydroxylation is 2. The molecule has 2 N–H and O–H groups in total. The van der Waals surface area contributed by atoms with Gasteiger partial charge >= 0.3 is 6.03 Å². The zero-order valence-electron chi connectivity index (χ0n) is 17.4. The molecule has 0 atom stereocenters. The van der Waals surface area contributed by atoms with Crippen molar-refractivity contribution in [2.24, 2.45) is 0 Å². The molecule has 4 rings (SSSR count). The van der Waals surface area contributed by atoms with Crippen molar-refractivity contribution in [1.29, 1.82) is 0 Å². The Kier molecular flexibility index (Phi) is 6.18. The first-order chi connectivity index (χ1) is 15.0. The van der Waals surface area contributed by atoms with Gasteiger partial charge in [-0.2, -0.15) is 0 Å². The van der Waals surface area contributed by atoms with Crippen molar-refractivity contribution >= 4 is 35.1 Å². The van der Waals surface area contributed by atoms with Crippen LogP contribution in [0.25, 0.3) is 0 Å². The minimum Gasteiger partial charge on any atom is -0.346 e. The van der Waals surface area contributed by atoms with Crippen LogP contribution < -0.4 is 15.5 Å². The van der Waals surface area contributed by atoms with Gasteiger partial charge in [-0.25, -0.2) is 9.78 Å². The lowest BCUT2D eigenvalue weighted by Crippen LogP contribution is -2.39. The molecule has 0 fully saturated rings. The van der Waals surface area contributed by atoms with Crippen LogP contribution in [0, 0.1) is 13.8 Å². The molecule has 3 heterocycles. The average Bonchev–Trinajstić information content (AvgIpc) is 2.77. The highest BCUT2D eigenvalue weighted by atomic mass is 32.2. The number of urea groups is 1. The molecule has 0 saturated heterocycles. The van der Waals surface area contributed by atoms with E-state index in [0.717, 1.165) is 33.4 Å². The van der Waals surface area contributed by atoms with E-state index in [0.29, 0.717) is 24.3 Å². The number of benzene rings is 1. The summed E-state index contributed by atoms with van der Waals surface area (Å²) in [6.45, 7) is 4.88. The first kappa shape index (κ1) is 20.9. The largest absolute Gasteiger partial charge is 0.346 e. The quantitative estimate of drug-likeness (QED) is 0.645. The fourth-order valence-electron chi connectivity index (χ4n) is 3.48. The summed E-state index contributed by atoms with van der Waals surface area (Å²) in [5, 5.41) is 6.65. The molecule has 8 heteroatoms. The molecule has 1 aliphatic rings. The molecule has 0 spiro atoms. The Morgan fingerprint density at radius 2 is 2.00 bits per heavy atom. The van der Waals surface area contributed by atoms with Crippen molar-refractivity contribution in [2.75, 3.05) is 22.5 Å². The molecular weight excluding hydrogens is 410 g/mol. The zero-order chi connectivity index (χ0) is 21.8. The minimum atomic E-state index is -0.235. The number of amides is 3. The van der Waals surface area contributed by atoms with E-state index in [4.69, 9.17) is 0 Å². The Bertz CT molecular complexity index is 1120. The van der Waals surface area contributed by atoms with E-state index in [1.807, 2.05) is 38.1 Å². The molecule has 1 aromatic carbocycles. The molecule has 0 radical (unpaired) electrons. The van der Waals surface area contributed by atoms with Crippen molar-refractivity contribution in [1.82, 2.24) is 15.3 Å². The standard InChI is InChI=1S/C23H23N5O2S/c1-15-12-16(2)26-22-20(15)28(10-11-31-22)23(30)27-18-8-5-6-17(13-18)21(29)25-14-19-7-3-4-9-24-19/h3-9,12-13H,10-11,14H2,1-2H3,(H,25,29)(H,27,30). The van der Waals surface area contributed by atoms with Crippen LogP contribution in [0.4, 0.5) is 16.2 Å². The maximum absolute atomic E-state index is 13.0. The molecule has 3 aromatic rings. The Morgan fingerprint density at radius 3 is 2.81 bits per heavy atom. The second kappa shape index (κ2) is 9.18. The van der Waals surface area contributed by atoms with Crippen LogP contribution in [0.2, 0.25) is 0 Å². The van der Waals surface area contributed by atoms with Crippen molar-refractivity contribution < 1.29 is 9.59 Å². The summed E-state index contributed by atoms with van der Waals surface area (Å²) >= 11 is 1.66. The van der Waals surface area contributed by atoms with Gasteiger partial charge in [0.05, 0.1) is 17.9 Å². The molecule has 31 heavy (non-hydrogen) atoms. The highest BCUT2D eigenvalue weighted by molar-refractivity contribution is 7.99. The second-order valence-corrected chi connectivity index (χ2v) is 8.33. The van der Waals surface area contributed by atoms with E-state index < -0.39 is 0 Å². The average molecular weight is 434 g/mol. The summed E-state index contributed by atoms with van der Waals surface area (Å²) in [7, 11) is 0. The van der Waals surface area contributed by atoms with Gasteiger partial charge < -0.3 is 10.6 Å². The van der Waals surface area contributed by atoms with E-state index in [2.05, 4.69) is 20.6 Å². The third-order valence-electron chi connectivity index (χ3n) is 4.88. The van der Waals surface area contributed by atoms with E-state index in [-0.39, 0.29) is 11.9 Å². The third-order valence-corrected chi connectivity index (χ3v) is 5.83. The normalized spacial score (nSPS) is 12.8. The number of carbonyl (C=O) groups is 2. The lowest BCUT2D eigenvalue weighted by Gasteiger charge is -2.30. The van der Waals surface area contributed by atoms with E-state index in [1.54, 1.807) is 47.1 Å². The van der Waals surface area contributed by atoms with E-state index in [1.165, 1.54) is 0 Å². The molecule has 158 valence electrons. The summed E-state index contributed by atoms with van der Waals surface area (Å²) in [5.74, 6) is 0.559. The molecule has 0 saturated carbocycles. The van der Waals surface area contributed by atoms with Crippen molar-refractivity contribution in [3.05, 3.63) is 77.2 Å². The van der Waals surface area contributed by atoms with E-state index >= 15 is 0 Å². The molecule has 2 aromatic heterocycles. The van der Waals surface area contributed by atoms with E-state index in [9.17, 15) is 9.59 Å². The number of carbonyl (C=O) groups excluding carboxylic acids is 2. The summed E-state index contributed by atoms with van der Waals surface area (Å²) < 4.78 is 0. The van der Waals surface area contributed by atoms with Gasteiger partial charge in [0.2, 0.25) is 0 Å². The number of aromatic nitrogens is 2. The summed E-state index contributed by atoms with van der Waals surface area (Å²) in [6, 6.07) is 14.2. The number of nitrogens with one attached hydrogen (secondary N) is 2. The molecule has 0 aliphatic carbocycles. The van der Waals surface area contributed by atoms with Gasteiger partial charge in [-0.3, -0.25) is 14.7 Å². The van der Waals surface area contributed by atoms with Gasteiger partial charge in [-0.15, -0.1) is 11.8 Å². The molecule has 1 aliphatic heterocycles. The summed E-state index contributed by atoms with van der Waals surface area (Å²) in [4.78, 5) is 36.1. The first-order valence-electron chi connectivity index (χ1n) is 9.99. The SMILES string of the molecule is Cc1cc(C)c2c(n1)SCCN2C(=O)Nc1cccc(C(=O)NCc2ccccn2)c1. The first-order valence-corrected chi connectivity index (χ1v) is 11.0. The maximum atomic E-state index is 13.0. The van der Waals surface area contributed by atoms with Gasteiger partial charge in [-0.1, -0.05) is 12.1 Å². The molecule has 0 bridgehead atoms. The zero-order valence-corrected chi connectivity index (χ0v) is 18.2. The Hall–Kier alpha value is -3.39. The fourth-order valence-corrected chi connectivity index (χ4v) is 4.56. The predicted molar refractivity (Wildman–Crippen MR) is 123 cm³/mol. The number of fused-ring (bicyclic) bond motifs is 1. The number of hydrogen-bond donors (Lipinski definition) is 2. The van der Waals surface area contributed by atoms with Crippen LogP contribution in [0.1, 0.15) is 27.3 Å². The van der Waals surface area contributed by atoms with Crippen molar-refractivity contribution in [3.8, 4) is 0 Å². The number of rotatable bonds is 4. The van der Waals surface area contributed by atoms with Crippen LogP contribution in [0.5, 0.6) is 0 Å². The highest BCUT2D eigenvalue weighted by Gasteiger charge is 2.26. The highest BCUT2D eigenvalue weighted by Crippen LogP contribution is 2.36. The van der Waals surface area contributed by atoms with Gasteiger partial charge in [-0.05, 0) is 55.8 Å². The van der Waals surface area contributed by atoms with Crippen LogP contribution in [-0.2, 0) is 6.54 Å². The number of pyridine rings is 2. The maximum Gasteiger partial charge on any atom is 0.326 e. The van der Waals surface area contributed by atoms with Crippen molar-refractivity contribution in [2.45, 2.75) is 25.4 Å². The fraction of sp³-hybridized carbons (Fsp3) is 0.217. The van der Waals surface area contributed by atoms with Crippen LogP contribution in [0.15, 0.2) is 59.8 Å². The van der Waals surface area contributed by atoms with Crippen LogP contribution >= 0.6 is 11.8 Å². The van der Waals surface area contributed by atoms with Crippen LogP contribution in [0.3, 0.4) is 0 Å². The summed E-state index contributed by atoms with van der Waals surface area (Å²) in [6.07, 6.45) is 1.69. The molecule has 7 nitrogen and oxygen atoms in total. The Balaban J connectivity index is 1.46. The monoisotopic (exact) mass is 433 g/mol. The number of thioether (sulfide) groups is 1. The molecule has 3 amide bonds. The number of nitrogens with zero attached hydrogens (tertiary/aromatic N) is 3. The van der Waals surface area contributed by atoms with Gasteiger partial charge in [0.15, 0.2) is 0 Å². The molecular formula is C23H23N5O2S.